The minimum atomic E-state index is -3.54. The fourth-order valence-electron chi connectivity index (χ4n) is 4.33. The molecule has 180 valence electrons. The molecule has 2 aliphatic rings. The van der Waals surface area contributed by atoms with Crippen LogP contribution in [0.25, 0.3) is 0 Å². The van der Waals surface area contributed by atoms with E-state index in [0.717, 1.165) is 30.5 Å². The number of hydrogen-bond acceptors (Lipinski definition) is 5. The number of hydrogen-bond donors (Lipinski definition) is 0. The number of aromatic nitrogens is 2. The zero-order valence-electron chi connectivity index (χ0n) is 19.2. The SMILES string of the molecule is CC[C@@H](C)Cn1cc2c(n1)CN(C(=O)c1cc(S(C)(=O)=O)ccc1N1CCC(F)(F)CC1)C2. The maximum absolute atomic E-state index is 13.7. The summed E-state index contributed by atoms with van der Waals surface area (Å²) in [6.45, 7) is 6.04. The summed E-state index contributed by atoms with van der Waals surface area (Å²) in [7, 11) is -3.54. The molecule has 4 rings (SSSR count). The Morgan fingerprint density at radius 1 is 1.21 bits per heavy atom. The van der Waals surface area contributed by atoms with Gasteiger partial charge in [0.05, 0.1) is 22.7 Å². The molecule has 10 heteroatoms. The van der Waals surface area contributed by atoms with E-state index in [1.54, 1.807) is 15.9 Å². The molecule has 7 nitrogen and oxygen atoms in total. The van der Waals surface area contributed by atoms with Gasteiger partial charge in [0.15, 0.2) is 9.84 Å². The van der Waals surface area contributed by atoms with Gasteiger partial charge < -0.3 is 9.80 Å². The fourth-order valence-corrected chi connectivity index (χ4v) is 4.98. The Labute approximate surface area is 193 Å². The number of alkyl halides is 2. The van der Waals surface area contributed by atoms with Gasteiger partial charge in [-0.2, -0.15) is 5.10 Å². The quantitative estimate of drug-likeness (QED) is 0.630. The van der Waals surface area contributed by atoms with Crippen LogP contribution >= 0.6 is 0 Å². The van der Waals surface area contributed by atoms with Crippen molar-refractivity contribution in [2.75, 3.05) is 24.2 Å². The third-order valence-corrected chi connectivity index (χ3v) is 7.68. The van der Waals surface area contributed by atoms with Gasteiger partial charge in [0, 0.05) is 62.7 Å². The van der Waals surface area contributed by atoms with Crippen LogP contribution in [0, 0.1) is 5.92 Å². The highest BCUT2D eigenvalue weighted by Gasteiger charge is 2.36. The molecular weight excluding hydrogens is 450 g/mol. The van der Waals surface area contributed by atoms with Crippen molar-refractivity contribution < 1.29 is 22.0 Å². The van der Waals surface area contributed by atoms with Crippen molar-refractivity contribution in [3.8, 4) is 0 Å². The Hall–Kier alpha value is -2.49. The molecule has 1 amide bonds. The Balaban J connectivity index is 1.59. The maximum Gasteiger partial charge on any atom is 0.256 e. The van der Waals surface area contributed by atoms with E-state index in [2.05, 4.69) is 18.9 Å². The molecule has 0 N–H and O–H groups in total. The number of sulfone groups is 1. The van der Waals surface area contributed by atoms with Gasteiger partial charge in [-0.1, -0.05) is 20.3 Å². The first kappa shape index (κ1) is 23.7. The second-order valence-corrected chi connectivity index (χ2v) is 11.3. The number of fused-ring (bicyclic) bond motifs is 1. The lowest BCUT2D eigenvalue weighted by Crippen LogP contribution is -2.40. The number of anilines is 1. The minimum absolute atomic E-state index is 0.0348. The molecule has 0 bridgehead atoms. The predicted molar refractivity (Wildman–Crippen MR) is 121 cm³/mol. The third-order valence-electron chi connectivity index (χ3n) is 6.57. The van der Waals surface area contributed by atoms with Gasteiger partial charge in [-0.3, -0.25) is 9.48 Å². The normalized spacial score (nSPS) is 18.9. The molecule has 1 saturated heterocycles. The summed E-state index contributed by atoms with van der Waals surface area (Å²) in [6.07, 6.45) is 3.51. The maximum atomic E-state index is 13.7. The number of nitrogens with zero attached hydrogens (tertiary/aromatic N) is 4. The molecule has 1 atom stereocenters. The Morgan fingerprint density at radius 3 is 2.52 bits per heavy atom. The van der Waals surface area contributed by atoms with Crippen molar-refractivity contribution in [3.63, 3.8) is 0 Å². The average molecular weight is 481 g/mol. The number of carbonyl (C=O) groups is 1. The molecule has 0 saturated carbocycles. The van der Waals surface area contributed by atoms with Crippen LogP contribution in [-0.4, -0.2) is 54.3 Å². The van der Waals surface area contributed by atoms with Crippen molar-refractivity contribution in [1.29, 1.82) is 0 Å². The molecule has 0 spiro atoms. The summed E-state index contributed by atoms with van der Waals surface area (Å²) in [5.74, 6) is -2.54. The highest BCUT2D eigenvalue weighted by molar-refractivity contribution is 7.90. The van der Waals surface area contributed by atoms with Crippen LogP contribution in [0.5, 0.6) is 0 Å². The van der Waals surface area contributed by atoms with Crippen LogP contribution in [0.15, 0.2) is 29.3 Å². The van der Waals surface area contributed by atoms with Crippen LogP contribution in [0.3, 0.4) is 0 Å². The lowest BCUT2D eigenvalue weighted by molar-refractivity contribution is -0.0220. The van der Waals surface area contributed by atoms with Crippen LogP contribution < -0.4 is 4.90 Å². The van der Waals surface area contributed by atoms with E-state index >= 15 is 0 Å². The summed E-state index contributed by atoms with van der Waals surface area (Å²) < 4.78 is 53.6. The van der Waals surface area contributed by atoms with Crippen LogP contribution in [0.1, 0.15) is 54.7 Å². The number of rotatable bonds is 6. The van der Waals surface area contributed by atoms with E-state index in [4.69, 9.17) is 0 Å². The summed E-state index contributed by atoms with van der Waals surface area (Å²) in [6, 6.07) is 4.38. The summed E-state index contributed by atoms with van der Waals surface area (Å²) in [5, 5.41) is 4.62. The second-order valence-electron chi connectivity index (χ2n) is 9.29. The Kier molecular flexibility index (Phi) is 6.24. The molecule has 1 aromatic carbocycles. The zero-order chi connectivity index (χ0) is 24.0. The first-order chi connectivity index (χ1) is 15.5. The molecule has 2 aliphatic heterocycles. The van der Waals surface area contributed by atoms with Gasteiger partial charge in [-0.05, 0) is 24.1 Å². The van der Waals surface area contributed by atoms with E-state index in [1.165, 1.54) is 12.1 Å². The monoisotopic (exact) mass is 480 g/mol. The van der Waals surface area contributed by atoms with Gasteiger partial charge in [-0.15, -0.1) is 0 Å². The Bertz CT molecular complexity index is 1130. The molecular formula is C23H30F2N4O3S. The van der Waals surface area contributed by atoms with Gasteiger partial charge in [0.1, 0.15) is 0 Å². The highest BCUT2D eigenvalue weighted by Crippen LogP contribution is 2.34. The minimum Gasteiger partial charge on any atom is -0.370 e. The third kappa shape index (κ3) is 5.05. The van der Waals surface area contributed by atoms with E-state index in [0.29, 0.717) is 24.7 Å². The van der Waals surface area contributed by atoms with Crippen LogP contribution in [-0.2, 0) is 29.5 Å². The van der Waals surface area contributed by atoms with E-state index in [-0.39, 0.29) is 42.3 Å². The van der Waals surface area contributed by atoms with Crippen LogP contribution in [0.4, 0.5) is 14.5 Å². The van der Waals surface area contributed by atoms with Gasteiger partial charge >= 0.3 is 0 Å². The van der Waals surface area contributed by atoms with Crippen molar-refractivity contribution in [2.45, 2.75) is 63.6 Å². The van der Waals surface area contributed by atoms with Crippen molar-refractivity contribution in [2.24, 2.45) is 5.92 Å². The summed E-state index contributed by atoms with van der Waals surface area (Å²) in [4.78, 5) is 16.9. The van der Waals surface area contributed by atoms with E-state index < -0.39 is 15.8 Å². The number of piperidine rings is 1. The number of amides is 1. The number of benzene rings is 1. The highest BCUT2D eigenvalue weighted by atomic mass is 32.2. The first-order valence-electron chi connectivity index (χ1n) is 11.3. The zero-order valence-corrected chi connectivity index (χ0v) is 20.0. The van der Waals surface area contributed by atoms with Crippen molar-refractivity contribution in [3.05, 3.63) is 41.2 Å². The van der Waals surface area contributed by atoms with Gasteiger partial charge in [0.2, 0.25) is 0 Å². The lowest BCUT2D eigenvalue weighted by atomic mass is 10.0. The predicted octanol–water partition coefficient (Wildman–Crippen LogP) is 3.72. The molecule has 1 fully saturated rings. The molecule has 0 radical (unpaired) electrons. The smallest absolute Gasteiger partial charge is 0.256 e. The molecule has 1 aromatic heterocycles. The molecule has 2 aromatic rings. The summed E-state index contributed by atoms with van der Waals surface area (Å²) in [5.41, 5.74) is 2.53. The van der Waals surface area contributed by atoms with E-state index in [1.807, 2.05) is 10.9 Å². The van der Waals surface area contributed by atoms with Crippen molar-refractivity contribution in [1.82, 2.24) is 14.7 Å². The van der Waals surface area contributed by atoms with E-state index in [9.17, 15) is 22.0 Å². The number of carbonyl (C=O) groups excluding carboxylic acids is 1. The van der Waals surface area contributed by atoms with Gasteiger partial charge in [-0.25, -0.2) is 17.2 Å². The molecule has 3 heterocycles. The molecule has 33 heavy (non-hydrogen) atoms. The largest absolute Gasteiger partial charge is 0.370 e. The lowest BCUT2D eigenvalue weighted by Gasteiger charge is -2.35. The second kappa shape index (κ2) is 8.70. The molecule has 0 unspecified atom stereocenters. The first-order valence-corrected chi connectivity index (χ1v) is 13.2. The number of halogens is 2. The molecule has 0 aliphatic carbocycles. The standard InChI is InChI=1S/C23H30F2N4O3S/c1-4-16(2)12-29-14-17-13-28(15-20(17)26-29)22(30)19-11-18(33(3,31)32)5-6-21(19)27-9-7-23(24,25)8-10-27/h5-6,11,14,16H,4,7-10,12-13,15H2,1-3H3/t16-/m1/s1. The average Bonchev–Trinajstić information content (AvgIpc) is 3.30. The summed E-state index contributed by atoms with van der Waals surface area (Å²) >= 11 is 0. The van der Waals surface area contributed by atoms with Crippen molar-refractivity contribution >= 4 is 21.4 Å². The van der Waals surface area contributed by atoms with Crippen LogP contribution in [0.2, 0.25) is 0 Å². The van der Waals surface area contributed by atoms with Gasteiger partial charge in [0.25, 0.3) is 11.8 Å². The Morgan fingerprint density at radius 2 is 1.91 bits per heavy atom. The fraction of sp³-hybridized carbons (Fsp3) is 0.565. The topological polar surface area (TPSA) is 75.5 Å².